The van der Waals surface area contributed by atoms with Crippen LogP contribution in [0.25, 0.3) is 10.2 Å². The smallest absolute Gasteiger partial charge is 0.263 e. The summed E-state index contributed by atoms with van der Waals surface area (Å²) in [7, 11) is 0. The van der Waals surface area contributed by atoms with Crippen LogP contribution in [-0.4, -0.2) is 21.2 Å². The Balaban J connectivity index is 2.08. The van der Waals surface area contributed by atoms with Gasteiger partial charge in [0, 0.05) is 23.6 Å². The first kappa shape index (κ1) is 16.3. The van der Waals surface area contributed by atoms with Gasteiger partial charge < -0.3 is 5.73 Å². The Bertz CT molecular complexity index is 823. The molecule has 0 atom stereocenters. The van der Waals surface area contributed by atoms with E-state index in [4.69, 9.17) is 10.7 Å². The van der Waals surface area contributed by atoms with Crippen LogP contribution in [0.2, 0.25) is 0 Å². The Morgan fingerprint density at radius 3 is 2.96 bits per heavy atom. The summed E-state index contributed by atoms with van der Waals surface area (Å²) in [5, 5.41) is 1.42. The second-order valence-electron chi connectivity index (χ2n) is 5.55. The van der Waals surface area contributed by atoms with Gasteiger partial charge in [-0.2, -0.15) is 0 Å². The van der Waals surface area contributed by atoms with Gasteiger partial charge in [0.15, 0.2) is 5.16 Å². The summed E-state index contributed by atoms with van der Waals surface area (Å²) in [5.41, 5.74) is 6.39. The molecule has 2 heterocycles. The van der Waals surface area contributed by atoms with Crippen molar-refractivity contribution in [2.75, 3.05) is 5.75 Å². The van der Waals surface area contributed by atoms with Crippen LogP contribution in [0.5, 0.6) is 0 Å². The van der Waals surface area contributed by atoms with Gasteiger partial charge in [-0.25, -0.2) is 4.98 Å². The third kappa shape index (κ3) is 3.21. The van der Waals surface area contributed by atoms with Crippen molar-refractivity contribution in [3.05, 3.63) is 33.4 Å². The van der Waals surface area contributed by atoms with Crippen LogP contribution in [-0.2, 0) is 24.2 Å². The quantitative estimate of drug-likeness (QED) is 0.494. The lowest BCUT2D eigenvalue weighted by Gasteiger charge is -2.12. The largest absolute Gasteiger partial charge is 0.370 e. The summed E-state index contributed by atoms with van der Waals surface area (Å²) in [5.74, 6) is 0.179. The Morgan fingerprint density at radius 2 is 2.22 bits per heavy atom. The number of aryl methyl sites for hydroxylation is 2. The molecule has 0 spiro atoms. The minimum Gasteiger partial charge on any atom is -0.370 e. The van der Waals surface area contributed by atoms with Crippen LogP contribution in [0.3, 0.4) is 0 Å². The predicted molar refractivity (Wildman–Crippen MR) is 95.3 cm³/mol. The van der Waals surface area contributed by atoms with Crippen LogP contribution in [0.1, 0.15) is 29.7 Å². The number of hydrogen-bond acceptors (Lipinski definition) is 5. The highest BCUT2D eigenvalue weighted by Crippen LogP contribution is 2.34. The number of fused-ring (bicyclic) bond motifs is 3. The van der Waals surface area contributed by atoms with Crippen LogP contribution < -0.4 is 11.3 Å². The fourth-order valence-electron chi connectivity index (χ4n) is 2.86. The maximum Gasteiger partial charge on any atom is 0.263 e. The summed E-state index contributed by atoms with van der Waals surface area (Å²) in [6, 6.07) is 0. The SMILES string of the molecule is C=CCn1c(SCCC(N)=O)nc2sc3c(c2c1=O)CCCC3. The molecule has 23 heavy (non-hydrogen) atoms. The zero-order valence-corrected chi connectivity index (χ0v) is 14.5. The number of primary amides is 1. The number of allylic oxidation sites excluding steroid dienone is 1. The van der Waals surface area contributed by atoms with Gasteiger partial charge in [0.05, 0.1) is 5.39 Å². The highest BCUT2D eigenvalue weighted by molar-refractivity contribution is 7.99. The van der Waals surface area contributed by atoms with Gasteiger partial charge in [0.1, 0.15) is 4.83 Å². The first-order valence-corrected chi connectivity index (χ1v) is 9.49. The topological polar surface area (TPSA) is 78.0 Å². The van der Waals surface area contributed by atoms with E-state index in [-0.39, 0.29) is 17.9 Å². The predicted octanol–water partition coefficient (Wildman–Crippen LogP) is 2.49. The molecule has 0 aliphatic heterocycles. The van der Waals surface area contributed by atoms with Crippen molar-refractivity contribution in [1.29, 1.82) is 0 Å². The Kier molecular flexibility index (Phi) is 4.87. The molecule has 7 heteroatoms. The highest BCUT2D eigenvalue weighted by atomic mass is 32.2. The molecule has 1 aliphatic rings. The van der Waals surface area contributed by atoms with Gasteiger partial charge in [-0.15, -0.1) is 17.9 Å². The second-order valence-corrected chi connectivity index (χ2v) is 7.70. The minimum absolute atomic E-state index is 0.0101. The van der Waals surface area contributed by atoms with Gasteiger partial charge in [0.25, 0.3) is 5.56 Å². The van der Waals surface area contributed by atoms with E-state index >= 15 is 0 Å². The third-order valence-corrected chi connectivity index (χ3v) is 6.09. The van der Waals surface area contributed by atoms with E-state index < -0.39 is 0 Å². The molecule has 0 radical (unpaired) electrons. The molecular formula is C16H19N3O2S2. The standard InChI is InChI=1S/C16H19N3O2S2/c1-2-8-19-15(21)13-10-5-3-4-6-11(10)23-14(13)18-16(19)22-9-7-12(17)20/h2H,1,3-9H2,(H2,17,20). The van der Waals surface area contributed by atoms with Gasteiger partial charge in [0.2, 0.25) is 5.91 Å². The van der Waals surface area contributed by atoms with E-state index in [0.717, 1.165) is 29.5 Å². The van der Waals surface area contributed by atoms with E-state index in [1.165, 1.54) is 28.6 Å². The third-order valence-electron chi connectivity index (χ3n) is 3.93. The van der Waals surface area contributed by atoms with Crippen LogP contribution in [0.15, 0.2) is 22.6 Å². The fraction of sp³-hybridized carbons (Fsp3) is 0.438. The Labute approximate surface area is 142 Å². The van der Waals surface area contributed by atoms with Crippen molar-refractivity contribution in [1.82, 2.24) is 9.55 Å². The number of hydrogen-bond donors (Lipinski definition) is 1. The lowest BCUT2D eigenvalue weighted by Crippen LogP contribution is -2.23. The van der Waals surface area contributed by atoms with Crippen molar-refractivity contribution in [3.8, 4) is 0 Å². The second kappa shape index (κ2) is 6.88. The number of amides is 1. The number of aromatic nitrogens is 2. The molecule has 0 saturated heterocycles. The molecular weight excluding hydrogens is 330 g/mol. The van der Waals surface area contributed by atoms with E-state index in [1.807, 2.05) is 0 Å². The van der Waals surface area contributed by atoms with E-state index in [2.05, 4.69) is 6.58 Å². The maximum absolute atomic E-state index is 12.9. The molecule has 0 bridgehead atoms. The van der Waals surface area contributed by atoms with Crippen molar-refractivity contribution in [3.63, 3.8) is 0 Å². The lowest BCUT2D eigenvalue weighted by molar-refractivity contribution is -0.117. The van der Waals surface area contributed by atoms with Crippen LogP contribution in [0, 0.1) is 0 Å². The summed E-state index contributed by atoms with van der Waals surface area (Å²) in [6.07, 6.45) is 6.30. The number of thiophene rings is 1. The van der Waals surface area contributed by atoms with Crippen molar-refractivity contribution < 1.29 is 4.79 Å². The van der Waals surface area contributed by atoms with E-state index in [0.29, 0.717) is 17.5 Å². The average molecular weight is 349 g/mol. The van der Waals surface area contributed by atoms with Crippen LogP contribution in [0.4, 0.5) is 0 Å². The van der Waals surface area contributed by atoms with Crippen molar-refractivity contribution in [2.24, 2.45) is 5.73 Å². The molecule has 0 fully saturated rings. The molecule has 2 N–H and O–H groups in total. The molecule has 0 saturated carbocycles. The first-order valence-electron chi connectivity index (χ1n) is 7.69. The van der Waals surface area contributed by atoms with Gasteiger partial charge in [-0.3, -0.25) is 14.2 Å². The van der Waals surface area contributed by atoms with Gasteiger partial charge >= 0.3 is 0 Å². The highest BCUT2D eigenvalue weighted by Gasteiger charge is 2.21. The number of nitrogens with zero attached hydrogens (tertiary/aromatic N) is 2. The van der Waals surface area contributed by atoms with Crippen molar-refractivity contribution >= 4 is 39.2 Å². The summed E-state index contributed by atoms with van der Waals surface area (Å²) >= 11 is 3.04. The van der Waals surface area contributed by atoms with Gasteiger partial charge in [-0.1, -0.05) is 17.8 Å². The molecule has 3 rings (SSSR count). The fourth-order valence-corrected chi connectivity index (χ4v) is 5.13. The Morgan fingerprint density at radius 1 is 1.43 bits per heavy atom. The molecule has 2 aromatic heterocycles. The molecule has 5 nitrogen and oxygen atoms in total. The van der Waals surface area contributed by atoms with E-state index in [1.54, 1.807) is 22.0 Å². The number of rotatable bonds is 6. The molecule has 2 aromatic rings. The normalized spacial score (nSPS) is 13.9. The van der Waals surface area contributed by atoms with E-state index in [9.17, 15) is 9.59 Å². The first-order chi connectivity index (χ1) is 11.1. The van der Waals surface area contributed by atoms with Crippen molar-refractivity contribution in [2.45, 2.75) is 43.8 Å². The maximum atomic E-state index is 12.9. The summed E-state index contributed by atoms with van der Waals surface area (Å²) in [6.45, 7) is 4.16. The molecule has 122 valence electrons. The number of thioether (sulfide) groups is 1. The lowest BCUT2D eigenvalue weighted by atomic mass is 9.97. The molecule has 1 aliphatic carbocycles. The average Bonchev–Trinajstić information content (AvgIpc) is 2.89. The molecule has 0 unspecified atom stereocenters. The van der Waals surface area contributed by atoms with Gasteiger partial charge in [-0.05, 0) is 31.2 Å². The zero-order chi connectivity index (χ0) is 16.4. The van der Waals surface area contributed by atoms with Crippen LogP contribution >= 0.6 is 23.1 Å². The number of carbonyl (C=O) groups excluding carboxylic acids is 1. The molecule has 1 amide bonds. The molecule has 0 aromatic carbocycles. The zero-order valence-electron chi connectivity index (χ0n) is 12.8. The number of nitrogens with two attached hydrogens (primary N) is 1. The number of carbonyl (C=O) groups is 1. The summed E-state index contributed by atoms with van der Waals surface area (Å²) < 4.78 is 1.66. The summed E-state index contributed by atoms with van der Waals surface area (Å²) in [4.78, 5) is 30.7. The monoisotopic (exact) mass is 349 g/mol. The minimum atomic E-state index is -0.345. The Hall–Kier alpha value is -1.60.